The van der Waals surface area contributed by atoms with E-state index in [9.17, 15) is 4.79 Å². The largest absolute Gasteiger partial charge is 0.462 e. The van der Waals surface area contributed by atoms with Crippen molar-refractivity contribution >= 4 is 5.97 Å². The van der Waals surface area contributed by atoms with E-state index in [1.165, 1.54) is 0 Å². The maximum absolute atomic E-state index is 11.7. The first kappa shape index (κ1) is 12.5. The van der Waals surface area contributed by atoms with Crippen LogP contribution in [0, 0.1) is 5.41 Å². The predicted molar refractivity (Wildman–Crippen MR) is 57.6 cm³/mol. The molecule has 0 aromatic heterocycles. The second-order valence-electron chi connectivity index (χ2n) is 4.83. The first-order valence-corrected chi connectivity index (χ1v) is 5.42. The highest BCUT2D eigenvalue weighted by atomic mass is 16.6. The van der Waals surface area contributed by atoms with Gasteiger partial charge in [-0.05, 0) is 34.2 Å². The molecular formula is C11H21NO3. The lowest BCUT2D eigenvalue weighted by atomic mass is 9.86. The predicted octanol–water partition coefficient (Wildman–Crippen LogP) is 0.953. The summed E-state index contributed by atoms with van der Waals surface area (Å²) in [5.41, 5.74) is -0.433. The molecule has 1 N–H and O–H groups in total. The number of carbonyl (C=O) groups excluding carboxylic acids is 1. The molecule has 1 aliphatic heterocycles. The van der Waals surface area contributed by atoms with Crippen molar-refractivity contribution in [3.8, 4) is 0 Å². The molecule has 0 spiro atoms. The lowest BCUT2D eigenvalue weighted by molar-refractivity contribution is -0.155. The molecule has 0 amide bonds. The van der Waals surface area contributed by atoms with Gasteiger partial charge >= 0.3 is 5.97 Å². The maximum Gasteiger partial charge on any atom is 0.311 e. The molecule has 2 unspecified atom stereocenters. The summed E-state index contributed by atoms with van der Waals surface area (Å²) in [5, 5.41) is 3.12. The minimum Gasteiger partial charge on any atom is -0.462 e. The Morgan fingerprint density at radius 1 is 1.67 bits per heavy atom. The van der Waals surface area contributed by atoms with Crippen LogP contribution in [0.2, 0.25) is 0 Å². The van der Waals surface area contributed by atoms with Gasteiger partial charge in [-0.15, -0.1) is 0 Å². The molecule has 0 aromatic carbocycles. The van der Waals surface area contributed by atoms with Crippen LogP contribution in [-0.2, 0) is 14.3 Å². The van der Waals surface area contributed by atoms with E-state index in [0.29, 0.717) is 12.6 Å². The molecule has 0 saturated carbocycles. The number of hydrogen-bond acceptors (Lipinski definition) is 4. The Labute approximate surface area is 91.3 Å². The first-order valence-electron chi connectivity index (χ1n) is 5.42. The highest BCUT2D eigenvalue weighted by Crippen LogP contribution is 2.24. The first-order chi connectivity index (χ1) is 6.95. The molecule has 88 valence electrons. The molecule has 1 heterocycles. The monoisotopic (exact) mass is 215 g/mol. The molecule has 0 bridgehead atoms. The number of rotatable bonds is 6. The molecule has 1 saturated heterocycles. The van der Waals surface area contributed by atoms with Crippen LogP contribution in [0.25, 0.3) is 0 Å². The summed E-state index contributed by atoms with van der Waals surface area (Å²) < 4.78 is 10.2. The highest BCUT2D eigenvalue weighted by Gasteiger charge is 2.33. The van der Waals surface area contributed by atoms with Crippen molar-refractivity contribution in [2.45, 2.75) is 39.3 Å². The van der Waals surface area contributed by atoms with Gasteiger partial charge in [0, 0.05) is 6.04 Å². The topological polar surface area (TPSA) is 50.9 Å². The van der Waals surface area contributed by atoms with Crippen molar-refractivity contribution in [2.24, 2.45) is 5.41 Å². The molecule has 1 fully saturated rings. The van der Waals surface area contributed by atoms with Crippen LogP contribution < -0.4 is 5.32 Å². The summed E-state index contributed by atoms with van der Waals surface area (Å²) in [5.74, 6) is -0.139. The van der Waals surface area contributed by atoms with E-state index in [0.717, 1.165) is 13.0 Å². The average Bonchev–Trinajstić information content (AvgIpc) is 2.96. The number of ether oxygens (including phenoxy) is 2. The molecule has 0 radical (unpaired) electrons. The number of hydrogen-bond donors (Lipinski definition) is 1. The second-order valence-corrected chi connectivity index (χ2v) is 4.83. The van der Waals surface area contributed by atoms with Crippen LogP contribution >= 0.6 is 0 Å². The Bertz CT molecular complexity index is 224. The third-order valence-corrected chi connectivity index (χ3v) is 2.66. The number of esters is 1. The van der Waals surface area contributed by atoms with Crippen molar-refractivity contribution in [1.82, 2.24) is 5.32 Å². The van der Waals surface area contributed by atoms with Crippen molar-refractivity contribution in [3.63, 3.8) is 0 Å². The SMILES string of the molecule is CNC(C)CC(C)(C)C(=O)OCC1CO1. The highest BCUT2D eigenvalue weighted by molar-refractivity contribution is 5.76. The van der Waals surface area contributed by atoms with Crippen molar-refractivity contribution < 1.29 is 14.3 Å². The van der Waals surface area contributed by atoms with Gasteiger partial charge < -0.3 is 14.8 Å². The van der Waals surface area contributed by atoms with Gasteiger partial charge in [0.2, 0.25) is 0 Å². The van der Waals surface area contributed by atoms with E-state index < -0.39 is 5.41 Å². The minimum atomic E-state index is -0.433. The fourth-order valence-corrected chi connectivity index (χ4v) is 1.48. The Kier molecular flexibility index (Phi) is 4.11. The van der Waals surface area contributed by atoms with Gasteiger partial charge in [-0.1, -0.05) is 0 Å². The van der Waals surface area contributed by atoms with Crippen molar-refractivity contribution in [1.29, 1.82) is 0 Å². The average molecular weight is 215 g/mol. The molecule has 1 aliphatic rings. The van der Waals surface area contributed by atoms with Crippen LogP contribution in [0.1, 0.15) is 27.2 Å². The number of carbonyl (C=O) groups is 1. The van der Waals surface area contributed by atoms with Crippen LogP contribution in [0.3, 0.4) is 0 Å². The van der Waals surface area contributed by atoms with Crippen LogP contribution in [0.5, 0.6) is 0 Å². The van der Waals surface area contributed by atoms with Gasteiger partial charge in [0.15, 0.2) is 0 Å². The molecule has 15 heavy (non-hydrogen) atoms. The smallest absolute Gasteiger partial charge is 0.311 e. The summed E-state index contributed by atoms with van der Waals surface area (Å²) in [7, 11) is 1.89. The fraction of sp³-hybridized carbons (Fsp3) is 0.909. The molecular weight excluding hydrogens is 194 g/mol. The van der Waals surface area contributed by atoms with Crippen LogP contribution in [0.15, 0.2) is 0 Å². The normalized spacial score (nSPS) is 22.3. The molecule has 0 aromatic rings. The zero-order valence-corrected chi connectivity index (χ0v) is 10.0. The molecule has 1 rings (SSSR count). The van der Waals surface area contributed by atoms with E-state index in [4.69, 9.17) is 9.47 Å². The summed E-state index contributed by atoms with van der Waals surface area (Å²) in [6.45, 7) is 7.00. The third kappa shape index (κ3) is 4.18. The zero-order chi connectivity index (χ0) is 11.5. The van der Waals surface area contributed by atoms with Crippen molar-refractivity contribution in [2.75, 3.05) is 20.3 Å². The lowest BCUT2D eigenvalue weighted by Gasteiger charge is -2.25. The quantitative estimate of drug-likeness (QED) is 0.529. The molecule has 4 nitrogen and oxygen atoms in total. The van der Waals surface area contributed by atoms with Gasteiger partial charge in [0.1, 0.15) is 12.7 Å². The third-order valence-electron chi connectivity index (χ3n) is 2.66. The Morgan fingerprint density at radius 2 is 2.27 bits per heavy atom. The van der Waals surface area contributed by atoms with Crippen molar-refractivity contribution in [3.05, 3.63) is 0 Å². The second kappa shape index (κ2) is 4.94. The van der Waals surface area contributed by atoms with Gasteiger partial charge in [0.25, 0.3) is 0 Å². The summed E-state index contributed by atoms with van der Waals surface area (Å²) in [4.78, 5) is 11.7. The Morgan fingerprint density at radius 3 is 2.73 bits per heavy atom. The number of nitrogens with one attached hydrogen (secondary N) is 1. The van der Waals surface area contributed by atoms with Crippen LogP contribution in [0.4, 0.5) is 0 Å². The summed E-state index contributed by atoms with van der Waals surface area (Å²) in [6.07, 6.45) is 0.917. The van der Waals surface area contributed by atoms with Gasteiger partial charge in [-0.25, -0.2) is 0 Å². The Balaban J connectivity index is 2.32. The standard InChI is InChI=1S/C11H21NO3/c1-8(12-4)5-11(2,3)10(13)15-7-9-6-14-9/h8-9,12H,5-7H2,1-4H3. The number of epoxide rings is 1. The zero-order valence-electron chi connectivity index (χ0n) is 10.0. The lowest BCUT2D eigenvalue weighted by Crippen LogP contribution is -2.35. The van der Waals surface area contributed by atoms with E-state index in [2.05, 4.69) is 12.2 Å². The van der Waals surface area contributed by atoms with E-state index in [1.807, 2.05) is 20.9 Å². The maximum atomic E-state index is 11.7. The van der Waals surface area contributed by atoms with E-state index in [1.54, 1.807) is 0 Å². The van der Waals surface area contributed by atoms with E-state index >= 15 is 0 Å². The molecule has 2 atom stereocenters. The van der Waals surface area contributed by atoms with E-state index in [-0.39, 0.29) is 12.1 Å². The van der Waals surface area contributed by atoms with Gasteiger partial charge in [-0.2, -0.15) is 0 Å². The summed E-state index contributed by atoms with van der Waals surface area (Å²) in [6, 6.07) is 0.310. The van der Waals surface area contributed by atoms with Crippen LogP contribution in [-0.4, -0.2) is 38.4 Å². The molecule has 4 heteroatoms. The molecule has 0 aliphatic carbocycles. The van der Waals surface area contributed by atoms with Gasteiger partial charge in [0.05, 0.1) is 12.0 Å². The Hall–Kier alpha value is -0.610. The van der Waals surface area contributed by atoms with Gasteiger partial charge in [-0.3, -0.25) is 4.79 Å². The summed E-state index contributed by atoms with van der Waals surface area (Å²) >= 11 is 0. The minimum absolute atomic E-state index is 0.139. The fourth-order valence-electron chi connectivity index (χ4n) is 1.48.